The second kappa shape index (κ2) is 7.68. The topological polar surface area (TPSA) is 55.8 Å². The van der Waals surface area contributed by atoms with Gasteiger partial charge >= 0.3 is 6.09 Å². The van der Waals surface area contributed by atoms with Crippen LogP contribution < -0.4 is 0 Å². The van der Waals surface area contributed by atoms with Gasteiger partial charge in [0.15, 0.2) is 14.9 Å². The van der Waals surface area contributed by atoms with Crippen molar-refractivity contribution in [2.24, 2.45) is 0 Å². The van der Waals surface area contributed by atoms with Crippen LogP contribution in [0.5, 0.6) is 0 Å². The van der Waals surface area contributed by atoms with E-state index in [1.54, 1.807) is 0 Å². The molecule has 0 radical (unpaired) electrons. The minimum absolute atomic E-state index is 0.0820. The van der Waals surface area contributed by atoms with Gasteiger partial charge in [-0.15, -0.1) is 0 Å². The van der Waals surface area contributed by atoms with E-state index >= 15 is 0 Å². The molecule has 3 rings (SSSR count). The Morgan fingerprint density at radius 2 is 1.79 bits per heavy atom. The highest BCUT2D eigenvalue weighted by Crippen LogP contribution is 2.38. The summed E-state index contributed by atoms with van der Waals surface area (Å²) in [5.74, 6) is -0.405. The summed E-state index contributed by atoms with van der Waals surface area (Å²) in [5, 5.41) is 2.33. The van der Waals surface area contributed by atoms with Crippen LogP contribution in [0.3, 0.4) is 0 Å². The lowest BCUT2D eigenvalue weighted by Crippen LogP contribution is -2.43. The zero-order valence-electron chi connectivity index (χ0n) is 17.3. The van der Waals surface area contributed by atoms with Crippen molar-refractivity contribution >= 4 is 31.1 Å². The smallest absolute Gasteiger partial charge is 0.417 e. The molecule has 1 fully saturated rings. The number of imide groups is 1. The molecule has 1 atom stereocenters. The van der Waals surface area contributed by atoms with Crippen LogP contribution in [0.2, 0.25) is 18.1 Å². The zero-order chi connectivity index (χ0) is 20.5. The molecule has 1 unspecified atom stereocenters. The lowest BCUT2D eigenvalue weighted by atomic mass is 9.93. The molecule has 0 saturated carbocycles. The fourth-order valence-electron chi connectivity index (χ4n) is 3.15. The van der Waals surface area contributed by atoms with E-state index in [-0.39, 0.29) is 30.0 Å². The molecular weight excluding hydrogens is 370 g/mol. The highest BCUT2D eigenvalue weighted by Gasteiger charge is 2.39. The molecule has 0 bridgehead atoms. The first-order chi connectivity index (χ1) is 13.1. The van der Waals surface area contributed by atoms with Gasteiger partial charge in [-0.3, -0.25) is 4.79 Å². The van der Waals surface area contributed by atoms with Gasteiger partial charge in [0.25, 0.3) is 5.91 Å². The Morgan fingerprint density at radius 1 is 1.11 bits per heavy atom. The summed E-state index contributed by atoms with van der Waals surface area (Å²) in [6.07, 6.45) is -0.567. The number of hydrogen-bond acceptors (Lipinski definition) is 4. The second-order valence-electron chi connectivity index (χ2n) is 8.90. The number of ether oxygens (including phenoxy) is 1. The first kappa shape index (κ1) is 20.5. The Hall–Kier alpha value is -2.18. The molecule has 28 heavy (non-hydrogen) atoms. The third kappa shape index (κ3) is 4.13. The minimum atomic E-state index is -1.98. The van der Waals surface area contributed by atoms with Crippen molar-refractivity contribution in [3.8, 4) is 0 Å². The lowest BCUT2D eigenvalue weighted by molar-refractivity contribution is -0.126. The van der Waals surface area contributed by atoms with Crippen LogP contribution in [0.4, 0.5) is 4.79 Å². The van der Waals surface area contributed by atoms with Crippen molar-refractivity contribution in [2.75, 3.05) is 19.8 Å². The van der Waals surface area contributed by atoms with Crippen molar-refractivity contribution < 1.29 is 18.8 Å². The number of benzene rings is 2. The number of carbonyl (C=O) groups is 2. The van der Waals surface area contributed by atoms with Crippen molar-refractivity contribution in [1.29, 1.82) is 0 Å². The highest BCUT2D eigenvalue weighted by atomic mass is 28.4. The minimum Gasteiger partial charge on any atom is -0.439 e. The summed E-state index contributed by atoms with van der Waals surface area (Å²) in [6, 6.07) is 14.3. The van der Waals surface area contributed by atoms with Gasteiger partial charge in [0.05, 0.1) is 0 Å². The van der Waals surface area contributed by atoms with Crippen LogP contribution in [0.15, 0.2) is 42.5 Å². The summed E-state index contributed by atoms with van der Waals surface area (Å²) in [7, 11) is -1.98. The van der Waals surface area contributed by atoms with Gasteiger partial charge in [0.1, 0.15) is 0 Å². The van der Waals surface area contributed by atoms with Gasteiger partial charge in [-0.2, -0.15) is 0 Å². The van der Waals surface area contributed by atoms with E-state index in [4.69, 9.17) is 9.16 Å². The van der Waals surface area contributed by atoms with Gasteiger partial charge in [0, 0.05) is 19.1 Å². The molecule has 2 amide bonds. The number of hydrogen-bond donors (Lipinski definition) is 0. The normalized spacial score (nSPS) is 16.5. The predicted molar refractivity (Wildman–Crippen MR) is 113 cm³/mol. The molecule has 0 aliphatic carbocycles. The van der Waals surface area contributed by atoms with Crippen LogP contribution in [-0.4, -0.2) is 45.0 Å². The Morgan fingerprint density at radius 3 is 2.43 bits per heavy atom. The van der Waals surface area contributed by atoms with Crippen molar-refractivity contribution in [3.05, 3.63) is 48.0 Å². The van der Waals surface area contributed by atoms with Crippen LogP contribution in [0.25, 0.3) is 10.8 Å². The molecule has 1 aliphatic heterocycles. The van der Waals surface area contributed by atoms with E-state index in [9.17, 15) is 9.59 Å². The molecule has 1 heterocycles. The number of amides is 2. The summed E-state index contributed by atoms with van der Waals surface area (Å²) >= 11 is 0. The maximum Gasteiger partial charge on any atom is 0.417 e. The quantitative estimate of drug-likeness (QED) is 0.647. The summed E-state index contributed by atoms with van der Waals surface area (Å²) in [5.41, 5.74) is 1.09. The Kier molecular flexibility index (Phi) is 5.64. The van der Waals surface area contributed by atoms with Crippen LogP contribution >= 0.6 is 0 Å². The molecule has 0 N–H and O–H groups in total. The van der Waals surface area contributed by atoms with Gasteiger partial charge in [-0.1, -0.05) is 63.2 Å². The number of cyclic esters (lactones) is 1. The number of rotatable bonds is 6. The van der Waals surface area contributed by atoms with E-state index in [2.05, 4.69) is 58.1 Å². The van der Waals surface area contributed by atoms with Crippen LogP contribution in [0, 0.1) is 0 Å². The zero-order valence-corrected chi connectivity index (χ0v) is 18.3. The molecule has 2 aromatic rings. The summed E-state index contributed by atoms with van der Waals surface area (Å²) in [4.78, 5) is 25.4. The molecule has 2 aromatic carbocycles. The van der Waals surface area contributed by atoms with Crippen LogP contribution in [0.1, 0.15) is 32.3 Å². The number of nitrogens with zero attached hydrogens (tertiary/aromatic N) is 1. The van der Waals surface area contributed by atoms with Gasteiger partial charge in [-0.25, -0.2) is 9.69 Å². The third-order valence-electron chi connectivity index (χ3n) is 5.96. The average Bonchev–Trinajstić information content (AvgIpc) is 2.95. The van der Waals surface area contributed by atoms with E-state index in [1.165, 1.54) is 4.90 Å². The van der Waals surface area contributed by atoms with Gasteiger partial charge in [-0.05, 0) is 34.5 Å². The number of carbonyl (C=O) groups excluding carboxylic acids is 2. The average molecular weight is 400 g/mol. The molecule has 5 nitrogen and oxygen atoms in total. The maximum absolute atomic E-state index is 12.1. The van der Waals surface area contributed by atoms with Gasteiger partial charge in [0.2, 0.25) is 0 Å². The predicted octanol–water partition coefficient (Wildman–Crippen LogP) is 4.92. The first-order valence-corrected chi connectivity index (χ1v) is 12.6. The maximum atomic E-state index is 12.1. The Bertz CT molecular complexity index is 866. The van der Waals surface area contributed by atoms with Crippen molar-refractivity contribution in [1.82, 2.24) is 4.90 Å². The fraction of sp³-hybridized carbons (Fsp3) is 0.455. The number of fused-ring (bicyclic) bond motifs is 1. The molecule has 150 valence electrons. The van der Waals surface area contributed by atoms with Crippen molar-refractivity contribution in [3.63, 3.8) is 0 Å². The molecule has 1 aliphatic rings. The first-order valence-electron chi connectivity index (χ1n) is 9.69. The lowest BCUT2D eigenvalue weighted by Gasteiger charge is -2.37. The fourth-order valence-corrected chi connectivity index (χ4v) is 4.20. The highest BCUT2D eigenvalue weighted by molar-refractivity contribution is 6.74. The summed E-state index contributed by atoms with van der Waals surface area (Å²) in [6.45, 7) is 11.6. The van der Waals surface area contributed by atoms with Crippen molar-refractivity contribution in [2.45, 2.75) is 44.8 Å². The second-order valence-corrected chi connectivity index (χ2v) is 13.7. The third-order valence-corrected chi connectivity index (χ3v) is 10.5. The van der Waals surface area contributed by atoms with E-state index < -0.39 is 14.4 Å². The molecule has 1 saturated heterocycles. The van der Waals surface area contributed by atoms with E-state index in [0.29, 0.717) is 6.61 Å². The summed E-state index contributed by atoms with van der Waals surface area (Å²) < 4.78 is 11.4. The molecule has 0 aromatic heterocycles. The Balaban J connectivity index is 1.94. The van der Waals surface area contributed by atoms with E-state index in [0.717, 1.165) is 16.3 Å². The monoisotopic (exact) mass is 399 g/mol. The SMILES string of the molecule is CC(C)(C)[Si](C)(C)OCC(CN1C(=O)COC1=O)c1cccc2ccccc12. The van der Waals surface area contributed by atoms with Crippen LogP contribution in [-0.2, 0) is 14.0 Å². The largest absolute Gasteiger partial charge is 0.439 e. The standard InChI is InChI=1S/C22H29NO4Si/c1-22(2,3)28(4,5)27-14-17(13-23-20(24)15-26-21(23)25)19-12-8-10-16-9-6-7-11-18(16)19/h6-12,17H,13-15H2,1-5H3. The molecular formula is C22H29NO4Si. The molecule has 6 heteroatoms. The van der Waals surface area contributed by atoms with Gasteiger partial charge < -0.3 is 9.16 Å². The molecule has 0 spiro atoms. The van der Waals surface area contributed by atoms with E-state index in [1.807, 2.05) is 18.2 Å². The Labute approximate surface area is 167 Å².